The molecule has 2 heterocycles. The van der Waals surface area contributed by atoms with Crippen molar-refractivity contribution in [2.45, 2.75) is 25.3 Å². The first-order valence-corrected chi connectivity index (χ1v) is 9.98. The topological polar surface area (TPSA) is 79.9 Å². The number of nitrogens with zero attached hydrogens (tertiary/aromatic N) is 1. The fraction of sp³-hybridized carbons (Fsp3) is 0.364. The van der Waals surface area contributed by atoms with Gasteiger partial charge in [0.05, 0.1) is 19.8 Å². The number of hydrogen-bond donors (Lipinski definition) is 2. The maximum Gasteiger partial charge on any atom is 0.325 e. The Kier molecular flexibility index (Phi) is 5.95. The minimum Gasteiger partial charge on any atom is -0.490 e. The van der Waals surface area contributed by atoms with Gasteiger partial charge in [-0.2, -0.15) is 0 Å². The number of para-hydroxylation sites is 1. The fourth-order valence-electron chi connectivity index (χ4n) is 3.81. The number of urea groups is 1. The van der Waals surface area contributed by atoms with Gasteiger partial charge in [-0.05, 0) is 49.2 Å². The van der Waals surface area contributed by atoms with Crippen LogP contribution in [-0.2, 0) is 4.79 Å². The third-order valence-corrected chi connectivity index (χ3v) is 5.15. The first-order chi connectivity index (χ1) is 14.2. The molecule has 2 aliphatic rings. The molecule has 0 radical (unpaired) electrons. The Balaban J connectivity index is 1.36. The number of fused-ring (bicyclic) bond motifs is 1. The van der Waals surface area contributed by atoms with E-state index in [0.717, 1.165) is 42.9 Å². The van der Waals surface area contributed by atoms with Gasteiger partial charge in [-0.3, -0.25) is 15.0 Å². The number of carbonyl (C=O) groups is 2. The Morgan fingerprint density at radius 2 is 1.79 bits per heavy atom. The summed E-state index contributed by atoms with van der Waals surface area (Å²) in [5, 5.41) is 5.07. The van der Waals surface area contributed by atoms with Crippen molar-refractivity contribution in [3.8, 4) is 11.5 Å². The van der Waals surface area contributed by atoms with Crippen LogP contribution in [0.5, 0.6) is 11.5 Å². The Labute approximate surface area is 170 Å². The highest BCUT2D eigenvalue weighted by atomic mass is 16.5. The molecule has 1 atom stereocenters. The second kappa shape index (κ2) is 8.96. The van der Waals surface area contributed by atoms with E-state index in [1.807, 2.05) is 36.4 Å². The summed E-state index contributed by atoms with van der Waals surface area (Å²) < 4.78 is 11.5. The summed E-state index contributed by atoms with van der Waals surface area (Å²) in [4.78, 5) is 26.5. The number of carbonyl (C=O) groups excluding carboxylic acids is 2. The molecule has 1 fully saturated rings. The number of amides is 3. The molecule has 4 rings (SSSR count). The van der Waals surface area contributed by atoms with E-state index in [0.29, 0.717) is 18.9 Å². The van der Waals surface area contributed by atoms with Crippen LogP contribution in [0.3, 0.4) is 0 Å². The average Bonchev–Trinajstić information content (AvgIpc) is 3.03. The predicted octanol–water partition coefficient (Wildman–Crippen LogP) is 3.33. The van der Waals surface area contributed by atoms with Crippen LogP contribution in [0.4, 0.5) is 10.5 Å². The monoisotopic (exact) mass is 395 g/mol. The second-order valence-corrected chi connectivity index (χ2v) is 7.25. The Hall–Kier alpha value is -3.06. The Bertz CT molecular complexity index is 872. The smallest absolute Gasteiger partial charge is 0.325 e. The van der Waals surface area contributed by atoms with E-state index >= 15 is 0 Å². The van der Waals surface area contributed by atoms with Crippen LogP contribution in [0.15, 0.2) is 48.5 Å². The summed E-state index contributed by atoms with van der Waals surface area (Å²) >= 11 is 0. The number of ether oxygens (including phenoxy) is 2. The average molecular weight is 395 g/mol. The summed E-state index contributed by atoms with van der Waals surface area (Å²) in [5.41, 5.74) is 1.75. The summed E-state index contributed by atoms with van der Waals surface area (Å²) in [5.74, 6) is 1.21. The Morgan fingerprint density at radius 1 is 1.00 bits per heavy atom. The lowest BCUT2D eigenvalue weighted by molar-refractivity contribution is -0.121. The summed E-state index contributed by atoms with van der Waals surface area (Å²) in [6.45, 7) is 2.28. The molecule has 0 aromatic heterocycles. The third kappa shape index (κ3) is 4.86. The molecule has 0 spiro atoms. The largest absolute Gasteiger partial charge is 0.490 e. The zero-order valence-corrected chi connectivity index (χ0v) is 16.2. The van der Waals surface area contributed by atoms with E-state index in [2.05, 4.69) is 15.5 Å². The van der Waals surface area contributed by atoms with Crippen LogP contribution < -0.4 is 20.1 Å². The maximum absolute atomic E-state index is 12.4. The van der Waals surface area contributed by atoms with Crippen molar-refractivity contribution >= 4 is 17.6 Å². The fourth-order valence-corrected chi connectivity index (χ4v) is 3.81. The molecular weight excluding hydrogens is 370 g/mol. The molecule has 2 aromatic rings. The molecule has 2 N–H and O–H groups in total. The van der Waals surface area contributed by atoms with Gasteiger partial charge in [0.2, 0.25) is 5.91 Å². The lowest BCUT2D eigenvalue weighted by Crippen LogP contribution is -2.41. The Morgan fingerprint density at radius 3 is 2.62 bits per heavy atom. The lowest BCUT2D eigenvalue weighted by atomic mass is 10.0. The van der Waals surface area contributed by atoms with Crippen LogP contribution in [0.1, 0.15) is 30.9 Å². The molecular formula is C22H25N3O4. The lowest BCUT2D eigenvalue weighted by Gasteiger charge is -2.24. The highest BCUT2D eigenvalue weighted by molar-refractivity contribution is 6.01. The number of imide groups is 1. The minimum atomic E-state index is -0.521. The molecule has 7 nitrogen and oxygen atoms in total. The number of anilines is 1. The molecule has 152 valence electrons. The van der Waals surface area contributed by atoms with Crippen molar-refractivity contribution in [2.75, 3.05) is 31.6 Å². The van der Waals surface area contributed by atoms with E-state index in [1.165, 1.54) is 0 Å². The van der Waals surface area contributed by atoms with Gasteiger partial charge in [0.1, 0.15) is 0 Å². The second-order valence-electron chi connectivity index (χ2n) is 7.25. The molecule has 2 aromatic carbocycles. The SMILES string of the molecule is O=C(CN1CCC[C@@H]1c1ccc2c(c1)OCCCO2)NC(=O)Nc1ccccc1. The van der Waals surface area contributed by atoms with Gasteiger partial charge >= 0.3 is 6.03 Å². The normalized spacial score (nSPS) is 18.7. The first kappa shape index (κ1) is 19.3. The van der Waals surface area contributed by atoms with Gasteiger partial charge in [-0.15, -0.1) is 0 Å². The summed E-state index contributed by atoms with van der Waals surface area (Å²) in [6, 6.07) is 14.6. The number of rotatable bonds is 4. The quantitative estimate of drug-likeness (QED) is 0.830. The number of nitrogens with one attached hydrogen (secondary N) is 2. The van der Waals surface area contributed by atoms with E-state index < -0.39 is 6.03 Å². The van der Waals surface area contributed by atoms with Crippen LogP contribution in [0.2, 0.25) is 0 Å². The van der Waals surface area contributed by atoms with Crippen molar-refractivity contribution in [2.24, 2.45) is 0 Å². The van der Waals surface area contributed by atoms with E-state index in [1.54, 1.807) is 12.1 Å². The van der Waals surface area contributed by atoms with Gasteiger partial charge in [-0.1, -0.05) is 24.3 Å². The molecule has 29 heavy (non-hydrogen) atoms. The maximum atomic E-state index is 12.4. The zero-order chi connectivity index (χ0) is 20.1. The minimum absolute atomic E-state index is 0.120. The third-order valence-electron chi connectivity index (χ3n) is 5.15. The van der Waals surface area contributed by atoms with Crippen molar-refractivity contribution in [3.05, 3.63) is 54.1 Å². The van der Waals surface area contributed by atoms with Crippen molar-refractivity contribution in [1.29, 1.82) is 0 Å². The van der Waals surface area contributed by atoms with Gasteiger partial charge in [0.25, 0.3) is 0 Å². The molecule has 0 saturated carbocycles. The van der Waals surface area contributed by atoms with Crippen molar-refractivity contribution < 1.29 is 19.1 Å². The predicted molar refractivity (Wildman–Crippen MR) is 109 cm³/mol. The van der Waals surface area contributed by atoms with E-state index in [4.69, 9.17) is 9.47 Å². The highest BCUT2D eigenvalue weighted by Crippen LogP contribution is 2.37. The summed E-state index contributed by atoms with van der Waals surface area (Å²) in [6.07, 6.45) is 2.83. The van der Waals surface area contributed by atoms with Crippen molar-refractivity contribution in [1.82, 2.24) is 10.2 Å². The zero-order valence-electron chi connectivity index (χ0n) is 16.2. The molecule has 2 aliphatic heterocycles. The first-order valence-electron chi connectivity index (χ1n) is 9.98. The number of likely N-dealkylation sites (tertiary alicyclic amines) is 1. The van der Waals surface area contributed by atoms with Crippen LogP contribution in [0, 0.1) is 0 Å². The molecule has 1 saturated heterocycles. The van der Waals surface area contributed by atoms with Crippen molar-refractivity contribution in [3.63, 3.8) is 0 Å². The van der Waals surface area contributed by atoms with Crippen LogP contribution in [0.25, 0.3) is 0 Å². The van der Waals surface area contributed by atoms with Crippen LogP contribution in [-0.4, -0.2) is 43.1 Å². The van der Waals surface area contributed by atoms with Gasteiger partial charge < -0.3 is 14.8 Å². The number of hydrogen-bond acceptors (Lipinski definition) is 5. The van der Waals surface area contributed by atoms with E-state index in [9.17, 15) is 9.59 Å². The van der Waals surface area contributed by atoms with Gasteiger partial charge in [0.15, 0.2) is 11.5 Å². The van der Waals surface area contributed by atoms with Gasteiger partial charge in [0, 0.05) is 18.2 Å². The highest BCUT2D eigenvalue weighted by Gasteiger charge is 2.29. The molecule has 7 heteroatoms. The summed E-state index contributed by atoms with van der Waals surface area (Å²) in [7, 11) is 0. The van der Waals surface area contributed by atoms with E-state index in [-0.39, 0.29) is 18.5 Å². The standard InChI is InChI=1S/C22H25N3O4/c26-21(24-22(27)23-17-6-2-1-3-7-17)15-25-11-4-8-18(25)16-9-10-19-20(14-16)29-13-5-12-28-19/h1-3,6-7,9-10,14,18H,4-5,8,11-13,15H2,(H2,23,24,26,27)/t18-/m1/s1. The molecule has 0 unspecified atom stereocenters. The van der Waals surface area contributed by atoms with Crippen LogP contribution >= 0.6 is 0 Å². The number of benzene rings is 2. The molecule has 3 amide bonds. The molecule has 0 bridgehead atoms. The van der Waals surface area contributed by atoms with Gasteiger partial charge in [-0.25, -0.2) is 4.79 Å². The molecule has 0 aliphatic carbocycles.